The molecule has 0 radical (unpaired) electrons. The van der Waals surface area contributed by atoms with Crippen molar-refractivity contribution in [1.29, 1.82) is 0 Å². The summed E-state index contributed by atoms with van der Waals surface area (Å²) < 4.78 is 4.96. The topological polar surface area (TPSA) is 63.2 Å². The number of pyridine rings is 1. The number of ether oxygens (including phenoxy) is 1. The monoisotopic (exact) mass is 235 g/mol. The Kier molecular flexibility index (Phi) is 3.80. The summed E-state index contributed by atoms with van der Waals surface area (Å²) in [5.41, 5.74) is 0.953. The van der Waals surface area contributed by atoms with E-state index in [0.29, 0.717) is 18.5 Å². The normalized spacial score (nSPS) is 14.9. The lowest BCUT2D eigenvalue weighted by atomic mass is 9.93. The number of amides is 2. The SMILES string of the molecule is COc1ccc(CNC(=O)NC2CCC2)cn1. The van der Waals surface area contributed by atoms with E-state index in [1.54, 1.807) is 19.4 Å². The maximum Gasteiger partial charge on any atom is 0.315 e. The fourth-order valence-corrected chi connectivity index (χ4v) is 1.61. The molecule has 17 heavy (non-hydrogen) atoms. The van der Waals surface area contributed by atoms with Crippen molar-refractivity contribution in [1.82, 2.24) is 15.6 Å². The fraction of sp³-hybridized carbons (Fsp3) is 0.500. The van der Waals surface area contributed by atoms with Gasteiger partial charge in [-0.1, -0.05) is 6.07 Å². The molecule has 92 valence electrons. The van der Waals surface area contributed by atoms with E-state index in [2.05, 4.69) is 15.6 Å². The van der Waals surface area contributed by atoms with Crippen molar-refractivity contribution < 1.29 is 9.53 Å². The molecule has 0 atom stereocenters. The van der Waals surface area contributed by atoms with Gasteiger partial charge in [-0.15, -0.1) is 0 Å². The van der Waals surface area contributed by atoms with Crippen LogP contribution >= 0.6 is 0 Å². The molecule has 1 aromatic rings. The number of urea groups is 1. The number of carbonyl (C=O) groups excluding carboxylic acids is 1. The molecule has 2 amide bonds. The lowest BCUT2D eigenvalue weighted by molar-refractivity contribution is 0.228. The maximum absolute atomic E-state index is 11.5. The van der Waals surface area contributed by atoms with Gasteiger partial charge < -0.3 is 15.4 Å². The molecule has 5 heteroatoms. The van der Waals surface area contributed by atoms with Crippen molar-refractivity contribution in [2.45, 2.75) is 31.8 Å². The lowest BCUT2D eigenvalue weighted by Gasteiger charge is -2.26. The van der Waals surface area contributed by atoms with E-state index < -0.39 is 0 Å². The molecule has 1 saturated carbocycles. The highest BCUT2D eigenvalue weighted by molar-refractivity contribution is 5.74. The van der Waals surface area contributed by atoms with Crippen molar-refractivity contribution in [2.24, 2.45) is 0 Å². The molecule has 0 spiro atoms. The van der Waals surface area contributed by atoms with E-state index in [1.807, 2.05) is 6.07 Å². The average Bonchev–Trinajstić information content (AvgIpc) is 2.32. The van der Waals surface area contributed by atoms with Crippen LogP contribution in [0.5, 0.6) is 5.88 Å². The van der Waals surface area contributed by atoms with Crippen LogP contribution in [0, 0.1) is 0 Å². The number of carbonyl (C=O) groups is 1. The molecule has 1 fully saturated rings. The Hall–Kier alpha value is -1.78. The van der Waals surface area contributed by atoms with Gasteiger partial charge in [-0.2, -0.15) is 0 Å². The number of methoxy groups -OCH3 is 1. The molecule has 0 aliphatic heterocycles. The first kappa shape index (κ1) is 11.7. The summed E-state index contributed by atoms with van der Waals surface area (Å²) in [4.78, 5) is 15.5. The smallest absolute Gasteiger partial charge is 0.315 e. The van der Waals surface area contributed by atoms with Crippen LogP contribution in [0.15, 0.2) is 18.3 Å². The molecule has 1 aromatic heterocycles. The van der Waals surface area contributed by atoms with Crippen molar-refractivity contribution in [3.63, 3.8) is 0 Å². The number of hydrogen-bond acceptors (Lipinski definition) is 3. The van der Waals surface area contributed by atoms with Crippen LogP contribution in [0.25, 0.3) is 0 Å². The van der Waals surface area contributed by atoms with Gasteiger partial charge in [0.25, 0.3) is 0 Å². The van der Waals surface area contributed by atoms with Crippen LogP contribution in [-0.2, 0) is 6.54 Å². The molecule has 0 bridgehead atoms. The summed E-state index contributed by atoms with van der Waals surface area (Å²) in [5.74, 6) is 0.577. The number of aromatic nitrogens is 1. The third-order valence-electron chi connectivity index (χ3n) is 2.90. The van der Waals surface area contributed by atoms with Crippen LogP contribution < -0.4 is 15.4 Å². The van der Waals surface area contributed by atoms with Crippen LogP contribution in [0.3, 0.4) is 0 Å². The molecule has 1 heterocycles. The van der Waals surface area contributed by atoms with Gasteiger partial charge >= 0.3 is 6.03 Å². The van der Waals surface area contributed by atoms with E-state index in [9.17, 15) is 4.79 Å². The number of nitrogens with zero attached hydrogens (tertiary/aromatic N) is 1. The molecule has 0 saturated heterocycles. The van der Waals surface area contributed by atoms with Crippen LogP contribution in [0.4, 0.5) is 4.79 Å². The summed E-state index contributed by atoms with van der Waals surface area (Å²) in [6.45, 7) is 0.482. The Labute approximate surface area is 101 Å². The third-order valence-corrected chi connectivity index (χ3v) is 2.90. The first-order chi connectivity index (χ1) is 8.28. The summed E-state index contributed by atoms with van der Waals surface area (Å²) >= 11 is 0. The second kappa shape index (κ2) is 5.52. The third kappa shape index (κ3) is 3.34. The zero-order chi connectivity index (χ0) is 12.1. The highest BCUT2D eigenvalue weighted by Gasteiger charge is 2.18. The molecular weight excluding hydrogens is 218 g/mol. The van der Waals surface area contributed by atoms with Gasteiger partial charge in [-0.3, -0.25) is 0 Å². The highest BCUT2D eigenvalue weighted by Crippen LogP contribution is 2.17. The van der Waals surface area contributed by atoms with Crippen molar-refractivity contribution in [3.8, 4) is 5.88 Å². The standard InChI is InChI=1S/C12H17N3O2/c1-17-11-6-5-9(7-13-11)8-14-12(16)15-10-3-2-4-10/h5-7,10H,2-4,8H2,1H3,(H2,14,15,16). The summed E-state index contributed by atoms with van der Waals surface area (Å²) in [5, 5.41) is 5.72. The van der Waals surface area contributed by atoms with Crippen molar-refractivity contribution in [3.05, 3.63) is 23.9 Å². The summed E-state index contributed by atoms with van der Waals surface area (Å²) in [7, 11) is 1.58. The molecule has 0 unspecified atom stereocenters. The second-order valence-electron chi connectivity index (χ2n) is 4.16. The van der Waals surface area contributed by atoms with Crippen molar-refractivity contribution in [2.75, 3.05) is 7.11 Å². The van der Waals surface area contributed by atoms with E-state index in [-0.39, 0.29) is 6.03 Å². The Balaban J connectivity index is 1.74. The van der Waals surface area contributed by atoms with Crippen molar-refractivity contribution >= 4 is 6.03 Å². The Morgan fingerprint density at radius 3 is 2.88 bits per heavy atom. The molecular formula is C12H17N3O2. The molecule has 1 aliphatic carbocycles. The minimum atomic E-state index is -0.106. The zero-order valence-electron chi connectivity index (χ0n) is 9.90. The largest absolute Gasteiger partial charge is 0.481 e. The summed E-state index contributed by atoms with van der Waals surface area (Å²) in [6.07, 6.45) is 5.10. The van der Waals surface area contributed by atoms with Gasteiger partial charge in [0.2, 0.25) is 5.88 Å². The number of rotatable bonds is 4. The second-order valence-corrected chi connectivity index (χ2v) is 4.16. The highest BCUT2D eigenvalue weighted by atomic mass is 16.5. The Morgan fingerprint density at radius 2 is 2.35 bits per heavy atom. The molecule has 1 aliphatic rings. The minimum Gasteiger partial charge on any atom is -0.481 e. The molecule has 5 nitrogen and oxygen atoms in total. The zero-order valence-corrected chi connectivity index (χ0v) is 9.90. The Bertz CT molecular complexity index is 374. The van der Waals surface area contributed by atoms with Gasteiger partial charge in [0.1, 0.15) is 0 Å². The van der Waals surface area contributed by atoms with Gasteiger partial charge in [-0.25, -0.2) is 9.78 Å². The fourth-order valence-electron chi connectivity index (χ4n) is 1.61. The summed E-state index contributed by atoms with van der Waals surface area (Å²) in [6, 6.07) is 3.92. The number of hydrogen-bond donors (Lipinski definition) is 2. The van der Waals surface area contributed by atoms with Crippen LogP contribution in [-0.4, -0.2) is 24.2 Å². The minimum absolute atomic E-state index is 0.106. The van der Waals surface area contributed by atoms with Crippen LogP contribution in [0.1, 0.15) is 24.8 Å². The van der Waals surface area contributed by atoms with Gasteiger partial charge in [0, 0.05) is 24.8 Å². The van der Waals surface area contributed by atoms with E-state index >= 15 is 0 Å². The van der Waals surface area contributed by atoms with Gasteiger partial charge in [0.05, 0.1) is 7.11 Å². The quantitative estimate of drug-likeness (QED) is 0.830. The predicted octanol–water partition coefficient (Wildman–Crippen LogP) is 1.44. The lowest BCUT2D eigenvalue weighted by Crippen LogP contribution is -2.44. The first-order valence-electron chi connectivity index (χ1n) is 5.81. The van der Waals surface area contributed by atoms with Gasteiger partial charge in [-0.05, 0) is 24.8 Å². The van der Waals surface area contributed by atoms with E-state index in [0.717, 1.165) is 18.4 Å². The van der Waals surface area contributed by atoms with E-state index in [1.165, 1.54) is 6.42 Å². The first-order valence-corrected chi connectivity index (χ1v) is 5.81. The van der Waals surface area contributed by atoms with Crippen LogP contribution in [0.2, 0.25) is 0 Å². The molecule has 2 N–H and O–H groups in total. The predicted molar refractivity (Wildman–Crippen MR) is 63.8 cm³/mol. The molecule has 0 aromatic carbocycles. The Morgan fingerprint density at radius 1 is 1.53 bits per heavy atom. The van der Waals surface area contributed by atoms with Gasteiger partial charge in [0.15, 0.2) is 0 Å². The molecule has 2 rings (SSSR count). The average molecular weight is 235 g/mol. The number of nitrogens with one attached hydrogen (secondary N) is 2. The van der Waals surface area contributed by atoms with E-state index in [4.69, 9.17) is 4.74 Å². The maximum atomic E-state index is 11.5.